The van der Waals surface area contributed by atoms with Crippen LogP contribution in [-0.4, -0.2) is 18.9 Å². The number of carbonyl (C=O) groups is 1. The third-order valence-corrected chi connectivity index (χ3v) is 2.67. The van der Waals surface area contributed by atoms with Gasteiger partial charge < -0.3 is 5.73 Å². The average molecular weight is 236 g/mol. The van der Waals surface area contributed by atoms with Crippen LogP contribution in [0.2, 0.25) is 5.02 Å². The summed E-state index contributed by atoms with van der Waals surface area (Å²) in [5, 5.41) is -0.118. The van der Waals surface area contributed by atoms with Crippen LogP contribution in [0.3, 0.4) is 0 Å². The first-order chi connectivity index (χ1) is 6.32. The van der Waals surface area contributed by atoms with Gasteiger partial charge >= 0.3 is 0 Å². The van der Waals surface area contributed by atoms with Gasteiger partial charge in [-0.3, -0.25) is 9.35 Å². The molecule has 0 atom stereocenters. The van der Waals surface area contributed by atoms with Crippen LogP contribution >= 0.6 is 11.6 Å². The molecule has 0 spiro atoms. The maximum Gasteiger partial charge on any atom is 0.294 e. The third-order valence-electron chi connectivity index (χ3n) is 1.50. The lowest BCUT2D eigenvalue weighted by Crippen LogP contribution is -2.12. The van der Waals surface area contributed by atoms with E-state index in [1.54, 1.807) is 0 Å². The Bertz CT molecular complexity index is 482. The van der Waals surface area contributed by atoms with E-state index in [0.29, 0.717) is 0 Å². The number of amides is 1. The molecule has 1 aromatic carbocycles. The Morgan fingerprint density at radius 1 is 1.43 bits per heavy atom. The fourth-order valence-corrected chi connectivity index (χ4v) is 1.70. The summed E-state index contributed by atoms with van der Waals surface area (Å²) in [6, 6.07) is 3.13. The van der Waals surface area contributed by atoms with Gasteiger partial charge in [0.15, 0.2) is 0 Å². The number of hydrogen-bond acceptors (Lipinski definition) is 3. The highest BCUT2D eigenvalue weighted by molar-refractivity contribution is 7.85. The fraction of sp³-hybridized carbons (Fsp3) is 0. The number of primary amides is 1. The van der Waals surface area contributed by atoms with Crippen molar-refractivity contribution in [2.45, 2.75) is 4.90 Å². The summed E-state index contributed by atoms with van der Waals surface area (Å²) in [6.07, 6.45) is 0. The van der Waals surface area contributed by atoms with Crippen LogP contribution in [0.5, 0.6) is 0 Å². The first-order valence-electron chi connectivity index (χ1n) is 3.39. The SMILES string of the molecule is NC(=O)c1ccc(S(=O)(=O)O)cc1Cl. The molecule has 0 saturated carbocycles. The predicted molar refractivity (Wildman–Crippen MR) is 49.8 cm³/mol. The summed E-state index contributed by atoms with van der Waals surface area (Å²) in [5.74, 6) is -0.767. The Balaban J connectivity index is 3.34. The Kier molecular flexibility index (Phi) is 2.79. The van der Waals surface area contributed by atoms with Crippen LogP contribution in [0.4, 0.5) is 0 Å². The van der Waals surface area contributed by atoms with Crippen LogP contribution < -0.4 is 5.73 Å². The highest BCUT2D eigenvalue weighted by Crippen LogP contribution is 2.20. The number of carbonyl (C=O) groups excluding carboxylic acids is 1. The van der Waals surface area contributed by atoms with Crippen LogP contribution in [-0.2, 0) is 10.1 Å². The van der Waals surface area contributed by atoms with Gasteiger partial charge in [-0.25, -0.2) is 0 Å². The number of rotatable bonds is 2. The highest BCUT2D eigenvalue weighted by Gasteiger charge is 2.13. The maximum atomic E-state index is 10.7. The standard InChI is InChI=1S/C7H6ClNO4S/c8-6-3-4(14(11,12)13)1-2-5(6)7(9)10/h1-3H,(H2,9,10)(H,11,12,13). The van der Waals surface area contributed by atoms with Crippen molar-refractivity contribution >= 4 is 27.6 Å². The summed E-state index contributed by atoms with van der Waals surface area (Å²) >= 11 is 5.55. The van der Waals surface area contributed by atoms with Crippen molar-refractivity contribution in [2.24, 2.45) is 5.73 Å². The largest absolute Gasteiger partial charge is 0.366 e. The van der Waals surface area contributed by atoms with Gasteiger partial charge in [0, 0.05) is 0 Å². The second kappa shape index (κ2) is 3.56. The highest BCUT2D eigenvalue weighted by atomic mass is 35.5. The smallest absolute Gasteiger partial charge is 0.294 e. The number of hydrogen-bond donors (Lipinski definition) is 2. The Hall–Kier alpha value is -1.11. The first kappa shape index (κ1) is 11.0. The van der Waals surface area contributed by atoms with Crippen LogP contribution in [0, 0.1) is 0 Å². The van der Waals surface area contributed by atoms with Crippen molar-refractivity contribution in [3.8, 4) is 0 Å². The molecule has 0 fully saturated rings. The van der Waals surface area contributed by atoms with Crippen molar-refractivity contribution in [1.82, 2.24) is 0 Å². The second-order valence-electron chi connectivity index (χ2n) is 2.48. The zero-order valence-electron chi connectivity index (χ0n) is 6.77. The van der Waals surface area contributed by atoms with E-state index in [2.05, 4.69) is 0 Å². The summed E-state index contributed by atoms with van der Waals surface area (Å²) < 4.78 is 29.9. The van der Waals surface area contributed by atoms with E-state index in [4.69, 9.17) is 21.9 Å². The minimum atomic E-state index is -4.30. The van der Waals surface area contributed by atoms with Crippen LogP contribution in [0.1, 0.15) is 10.4 Å². The predicted octanol–water partition coefficient (Wildman–Crippen LogP) is 0.686. The molecule has 1 amide bonds. The molecule has 1 aromatic rings. The van der Waals surface area contributed by atoms with Crippen molar-refractivity contribution in [3.05, 3.63) is 28.8 Å². The molecule has 1 rings (SSSR count). The lowest BCUT2D eigenvalue weighted by Gasteiger charge is -2.01. The molecule has 0 unspecified atom stereocenters. The fourth-order valence-electron chi connectivity index (χ4n) is 0.856. The number of halogens is 1. The summed E-state index contributed by atoms with van der Waals surface area (Å²) in [4.78, 5) is 10.3. The molecule has 5 nitrogen and oxygen atoms in total. The van der Waals surface area contributed by atoms with E-state index in [0.717, 1.165) is 18.2 Å². The van der Waals surface area contributed by atoms with Gasteiger partial charge in [0.25, 0.3) is 10.1 Å². The van der Waals surface area contributed by atoms with E-state index < -0.39 is 16.0 Å². The molecule has 0 bridgehead atoms. The van der Waals surface area contributed by atoms with Crippen LogP contribution in [0.25, 0.3) is 0 Å². The molecule has 7 heteroatoms. The van der Waals surface area contributed by atoms with Crippen molar-refractivity contribution < 1.29 is 17.8 Å². The van der Waals surface area contributed by atoms with Gasteiger partial charge in [0.1, 0.15) is 0 Å². The summed E-state index contributed by atoms with van der Waals surface area (Å²) in [6.45, 7) is 0. The van der Waals surface area contributed by atoms with Crippen molar-refractivity contribution in [1.29, 1.82) is 0 Å². The molecule has 0 aliphatic carbocycles. The van der Waals surface area contributed by atoms with E-state index in [1.807, 2.05) is 0 Å². The first-order valence-corrected chi connectivity index (χ1v) is 5.21. The van der Waals surface area contributed by atoms with E-state index in [1.165, 1.54) is 0 Å². The molecular weight excluding hydrogens is 230 g/mol. The Morgan fingerprint density at radius 3 is 2.36 bits per heavy atom. The number of benzene rings is 1. The zero-order chi connectivity index (χ0) is 10.9. The Labute approximate surface area is 85.2 Å². The van der Waals surface area contributed by atoms with Gasteiger partial charge in [-0.2, -0.15) is 8.42 Å². The molecule has 14 heavy (non-hydrogen) atoms. The quantitative estimate of drug-likeness (QED) is 0.737. The lowest BCUT2D eigenvalue weighted by molar-refractivity contribution is 0.100. The minimum absolute atomic E-state index is 0.000864. The molecular formula is C7H6ClNO4S. The molecule has 0 aliphatic heterocycles. The maximum absolute atomic E-state index is 10.7. The molecule has 0 aliphatic rings. The molecule has 76 valence electrons. The van der Waals surface area contributed by atoms with Gasteiger partial charge in [-0.05, 0) is 18.2 Å². The minimum Gasteiger partial charge on any atom is -0.366 e. The molecule has 0 heterocycles. The van der Waals surface area contributed by atoms with Crippen molar-refractivity contribution in [2.75, 3.05) is 0 Å². The second-order valence-corrected chi connectivity index (χ2v) is 4.31. The van der Waals surface area contributed by atoms with E-state index in [-0.39, 0.29) is 15.5 Å². The molecule has 0 aromatic heterocycles. The average Bonchev–Trinajstić information content (AvgIpc) is 2.01. The normalized spacial score (nSPS) is 11.3. The zero-order valence-corrected chi connectivity index (χ0v) is 8.34. The van der Waals surface area contributed by atoms with E-state index in [9.17, 15) is 13.2 Å². The molecule has 3 N–H and O–H groups in total. The lowest BCUT2D eigenvalue weighted by atomic mass is 10.2. The monoisotopic (exact) mass is 235 g/mol. The molecule has 0 saturated heterocycles. The van der Waals surface area contributed by atoms with E-state index >= 15 is 0 Å². The third kappa shape index (κ3) is 2.22. The van der Waals surface area contributed by atoms with Gasteiger partial charge in [-0.15, -0.1) is 0 Å². The number of nitrogens with two attached hydrogens (primary N) is 1. The van der Waals surface area contributed by atoms with Gasteiger partial charge in [0.05, 0.1) is 15.5 Å². The summed E-state index contributed by atoms with van der Waals surface area (Å²) in [7, 11) is -4.30. The van der Waals surface area contributed by atoms with Gasteiger partial charge in [0.2, 0.25) is 5.91 Å². The van der Waals surface area contributed by atoms with Crippen molar-refractivity contribution in [3.63, 3.8) is 0 Å². The van der Waals surface area contributed by atoms with Gasteiger partial charge in [-0.1, -0.05) is 11.6 Å². The topological polar surface area (TPSA) is 97.5 Å². The summed E-state index contributed by atoms with van der Waals surface area (Å²) in [5.41, 5.74) is 4.94. The molecule has 0 radical (unpaired) electrons. The Morgan fingerprint density at radius 2 is 2.00 bits per heavy atom. The van der Waals surface area contributed by atoms with Crippen LogP contribution in [0.15, 0.2) is 23.1 Å².